The molecule has 2 rings (SSSR count). The van der Waals surface area contributed by atoms with Crippen molar-refractivity contribution in [3.05, 3.63) is 24.3 Å². The van der Waals surface area contributed by atoms with Crippen LogP contribution in [0.1, 0.15) is 26.2 Å². The summed E-state index contributed by atoms with van der Waals surface area (Å²) in [5.41, 5.74) is 1.71. The van der Waals surface area contributed by atoms with Gasteiger partial charge in [-0.15, -0.1) is 0 Å². The van der Waals surface area contributed by atoms with E-state index in [-0.39, 0.29) is 12.5 Å². The van der Waals surface area contributed by atoms with Gasteiger partial charge in [0.05, 0.1) is 0 Å². The van der Waals surface area contributed by atoms with Crippen LogP contribution in [0.25, 0.3) is 0 Å². The lowest BCUT2D eigenvalue weighted by Crippen LogP contribution is -2.39. The van der Waals surface area contributed by atoms with Crippen LogP contribution in [0.3, 0.4) is 0 Å². The second-order valence-corrected chi connectivity index (χ2v) is 5.79. The number of nitrogens with zero attached hydrogens (tertiary/aromatic N) is 1. The Morgan fingerprint density at radius 1 is 0.917 bits per heavy atom. The first-order valence-electron chi connectivity index (χ1n) is 8.25. The number of hydrogen-bond acceptors (Lipinski definition) is 4. The zero-order valence-electron chi connectivity index (χ0n) is 13.9. The van der Waals surface area contributed by atoms with E-state index in [1.165, 1.54) is 26.2 Å². The van der Waals surface area contributed by atoms with E-state index in [9.17, 15) is 14.4 Å². The molecule has 0 aliphatic carbocycles. The quantitative estimate of drug-likeness (QED) is 0.551. The number of piperidine rings is 1. The number of rotatable bonds is 5. The standard InChI is InChI=1S/C17H24N4O3/c1-13(22)18-9-10-19-16(23)17(24)20-14-5-7-15(8-6-14)21-11-3-2-4-12-21/h5-8H,2-4,9-12H2,1H3,(H,18,22)(H,19,23)(H,20,24). The predicted octanol–water partition coefficient (Wildman–Crippen LogP) is 0.868. The largest absolute Gasteiger partial charge is 0.372 e. The molecule has 1 fully saturated rings. The van der Waals surface area contributed by atoms with Crippen molar-refractivity contribution >= 4 is 29.1 Å². The van der Waals surface area contributed by atoms with Gasteiger partial charge in [-0.2, -0.15) is 0 Å². The number of hydrogen-bond donors (Lipinski definition) is 3. The number of benzene rings is 1. The molecule has 0 bridgehead atoms. The third-order valence-electron chi connectivity index (χ3n) is 3.84. The van der Waals surface area contributed by atoms with Crippen LogP contribution in [-0.4, -0.2) is 43.9 Å². The maximum absolute atomic E-state index is 11.8. The number of nitrogens with one attached hydrogen (secondary N) is 3. The van der Waals surface area contributed by atoms with Crippen LogP contribution in [0.15, 0.2) is 24.3 Å². The molecule has 0 saturated carbocycles. The first-order chi connectivity index (χ1) is 11.6. The summed E-state index contributed by atoms with van der Waals surface area (Å²) >= 11 is 0. The minimum Gasteiger partial charge on any atom is -0.372 e. The molecular weight excluding hydrogens is 308 g/mol. The molecular formula is C17H24N4O3. The van der Waals surface area contributed by atoms with Gasteiger partial charge in [0.1, 0.15) is 0 Å². The minimum absolute atomic E-state index is 0.178. The summed E-state index contributed by atoms with van der Waals surface area (Å²) in [6.45, 7) is 4.01. The number of anilines is 2. The van der Waals surface area contributed by atoms with Crippen molar-refractivity contribution in [1.29, 1.82) is 0 Å². The molecule has 24 heavy (non-hydrogen) atoms. The molecule has 0 unspecified atom stereocenters. The molecule has 1 heterocycles. The molecule has 3 amide bonds. The van der Waals surface area contributed by atoms with Crippen LogP contribution in [0.4, 0.5) is 11.4 Å². The number of carbonyl (C=O) groups excluding carboxylic acids is 3. The van der Waals surface area contributed by atoms with Gasteiger partial charge in [0.25, 0.3) is 0 Å². The van der Waals surface area contributed by atoms with Crippen molar-refractivity contribution in [2.75, 3.05) is 36.4 Å². The maximum atomic E-state index is 11.8. The van der Waals surface area contributed by atoms with Gasteiger partial charge in [-0.3, -0.25) is 14.4 Å². The summed E-state index contributed by atoms with van der Waals surface area (Å²) in [7, 11) is 0. The molecule has 7 nitrogen and oxygen atoms in total. The van der Waals surface area contributed by atoms with Crippen molar-refractivity contribution in [1.82, 2.24) is 10.6 Å². The Morgan fingerprint density at radius 2 is 1.54 bits per heavy atom. The van der Waals surface area contributed by atoms with Gasteiger partial charge in [-0.05, 0) is 43.5 Å². The van der Waals surface area contributed by atoms with Gasteiger partial charge in [0.15, 0.2) is 0 Å². The Kier molecular flexibility index (Phi) is 6.60. The topological polar surface area (TPSA) is 90.5 Å². The fourth-order valence-corrected chi connectivity index (χ4v) is 2.59. The van der Waals surface area contributed by atoms with Gasteiger partial charge in [0.2, 0.25) is 5.91 Å². The second-order valence-electron chi connectivity index (χ2n) is 5.79. The maximum Gasteiger partial charge on any atom is 0.313 e. The molecule has 0 spiro atoms. The van der Waals surface area contributed by atoms with E-state index >= 15 is 0 Å². The first kappa shape index (κ1) is 17.8. The van der Waals surface area contributed by atoms with Crippen LogP contribution in [-0.2, 0) is 14.4 Å². The van der Waals surface area contributed by atoms with Gasteiger partial charge in [-0.1, -0.05) is 0 Å². The lowest BCUT2D eigenvalue weighted by atomic mass is 10.1. The SMILES string of the molecule is CC(=O)NCCNC(=O)C(=O)Nc1ccc(N2CCCCC2)cc1. The Balaban J connectivity index is 1.78. The Morgan fingerprint density at radius 3 is 2.17 bits per heavy atom. The molecule has 1 aliphatic rings. The predicted molar refractivity (Wildman–Crippen MR) is 92.8 cm³/mol. The van der Waals surface area contributed by atoms with Crippen molar-refractivity contribution in [2.45, 2.75) is 26.2 Å². The Bertz CT molecular complexity index is 580. The van der Waals surface area contributed by atoms with Crippen molar-refractivity contribution in [3.63, 3.8) is 0 Å². The van der Waals surface area contributed by atoms with Gasteiger partial charge in [0, 0.05) is 44.5 Å². The van der Waals surface area contributed by atoms with Crippen LogP contribution < -0.4 is 20.9 Å². The minimum atomic E-state index is -0.722. The molecule has 1 saturated heterocycles. The van der Waals surface area contributed by atoms with Crippen molar-refractivity contribution in [2.24, 2.45) is 0 Å². The molecule has 7 heteroatoms. The highest BCUT2D eigenvalue weighted by atomic mass is 16.2. The summed E-state index contributed by atoms with van der Waals surface area (Å²) in [5, 5.41) is 7.55. The molecule has 130 valence electrons. The number of amides is 3. The molecule has 3 N–H and O–H groups in total. The van der Waals surface area contributed by atoms with Gasteiger partial charge in [-0.25, -0.2) is 0 Å². The average molecular weight is 332 g/mol. The third-order valence-corrected chi connectivity index (χ3v) is 3.84. The zero-order chi connectivity index (χ0) is 17.4. The lowest BCUT2D eigenvalue weighted by molar-refractivity contribution is -0.136. The van der Waals surface area contributed by atoms with Crippen LogP contribution in [0.5, 0.6) is 0 Å². The normalized spacial score (nSPS) is 14.0. The highest BCUT2D eigenvalue weighted by molar-refractivity contribution is 6.39. The molecule has 0 aromatic heterocycles. The van der Waals surface area contributed by atoms with E-state index in [1.54, 1.807) is 12.1 Å². The highest BCUT2D eigenvalue weighted by Gasteiger charge is 2.14. The van der Waals surface area contributed by atoms with Crippen LogP contribution >= 0.6 is 0 Å². The van der Waals surface area contributed by atoms with Crippen LogP contribution in [0.2, 0.25) is 0 Å². The molecule has 1 aromatic rings. The van der Waals surface area contributed by atoms with Crippen molar-refractivity contribution < 1.29 is 14.4 Å². The third kappa shape index (κ3) is 5.57. The first-order valence-corrected chi connectivity index (χ1v) is 8.25. The van der Waals surface area contributed by atoms with E-state index in [1.807, 2.05) is 12.1 Å². The number of carbonyl (C=O) groups is 3. The van der Waals surface area contributed by atoms with E-state index < -0.39 is 11.8 Å². The molecule has 1 aliphatic heterocycles. The van der Waals surface area contributed by atoms with Crippen LogP contribution in [0, 0.1) is 0 Å². The fourth-order valence-electron chi connectivity index (χ4n) is 2.59. The zero-order valence-corrected chi connectivity index (χ0v) is 13.9. The molecule has 0 radical (unpaired) electrons. The van der Waals surface area contributed by atoms with E-state index in [0.29, 0.717) is 12.2 Å². The Hall–Kier alpha value is -2.57. The summed E-state index contributed by atoms with van der Waals surface area (Å²) in [4.78, 5) is 36.5. The lowest BCUT2D eigenvalue weighted by Gasteiger charge is -2.28. The summed E-state index contributed by atoms with van der Waals surface area (Å²) in [6.07, 6.45) is 3.69. The Labute approximate surface area is 141 Å². The molecule has 0 atom stereocenters. The summed E-state index contributed by atoms with van der Waals surface area (Å²) < 4.78 is 0. The van der Waals surface area contributed by atoms with E-state index in [2.05, 4.69) is 20.9 Å². The second kappa shape index (κ2) is 8.90. The van der Waals surface area contributed by atoms with Crippen molar-refractivity contribution in [3.8, 4) is 0 Å². The smallest absolute Gasteiger partial charge is 0.313 e. The van der Waals surface area contributed by atoms with Gasteiger partial charge < -0.3 is 20.9 Å². The average Bonchev–Trinajstić information content (AvgIpc) is 2.59. The van der Waals surface area contributed by atoms with E-state index in [4.69, 9.17) is 0 Å². The molecule has 1 aromatic carbocycles. The van der Waals surface area contributed by atoms with Gasteiger partial charge >= 0.3 is 11.8 Å². The summed E-state index contributed by atoms with van der Waals surface area (Å²) in [5.74, 6) is -1.62. The van der Waals surface area contributed by atoms with E-state index in [0.717, 1.165) is 18.8 Å². The monoisotopic (exact) mass is 332 g/mol. The summed E-state index contributed by atoms with van der Waals surface area (Å²) in [6, 6.07) is 7.50. The highest BCUT2D eigenvalue weighted by Crippen LogP contribution is 2.21. The fraction of sp³-hybridized carbons (Fsp3) is 0.471.